The van der Waals surface area contributed by atoms with Crippen molar-refractivity contribution in [3.05, 3.63) is 95.1 Å². The largest absolute Gasteiger partial charge is 0.497 e. The second kappa shape index (κ2) is 8.16. The molecule has 0 unspecified atom stereocenters. The van der Waals surface area contributed by atoms with E-state index >= 15 is 0 Å². The van der Waals surface area contributed by atoms with Gasteiger partial charge in [0.1, 0.15) is 23.7 Å². The quantitative estimate of drug-likeness (QED) is 0.538. The lowest BCUT2D eigenvalue weighted by Crippen LogP contribution is -2.12. The van der Waals surface area contributed by atoms with Gasteiger partial charge in [-0.3, -0.25) is 0 Å². The maximum Gasteiger partial charge on any atom is 0.420 e. The molecule has 3 aromatic rings. The van der Waals surface area contributed by atoms with Crippen LogP contribution >= 0.6 is 0 Å². The molecular weight excluding hydrogens is 353 g/mol. The molecule has 0 aliphatic rings. The molecule has 0 aliphatic heterocycles. The minimum Gasteiger partial charge on any atom is -0.497 e. The van der Waals surface area contributed by atoms with E-state index in [9.17, 15) is 13.2 Å². The van der Waals surface area contributed by atoms with E-state index in [0.717, 1.165) is 11.1 Å². The van der Waals surface area contributed by atoms with E-state index < -0.39 is 11.7 Å². The van der Waals surface area contributed by atoms with E-state index in [1.807, 2.05) is 30.3 Å². The third kappa shape index (κ3) is 4.82. The smallest absolute Gasteiger partial charge is 0.420 e. The summed E-state index contributed by atoms with van der Waals surface area (Å²) >= 11 is 0. The first-order valence-corrected chi connectivity index (χ1v) is 8.46. The monoisotopic (exact) mass is 372 g/mol. The molecule has 140 valence electrons. The molecule has 0 amide bonds. The molecule has 0 bridgehead atoms. The van der Waals surface area contributed by atoms with Crippen molar-refractivity contribution in [1.29, 1.82) is 0 Å². The molecular formula is C22H19F3O2. The SMILES string of the molecule is COc1cccc(COc2cccc(Cc3ccccc3)c2C(F)(F)F)c1. The van der Waals surface area contributed by atoms with Gasteiger partial charge < -0.3 is 9.47 Å². The number of hydrogen-bond donors (Lipinski definition) is 0. The van der Waals surface area contributed by atoms with Crippen molar-refractivity contribution < 1.29 is 22.6 Å². The Labute approximate surface area is 156 Å². The highest BCUT2D eigenvalue weighted by Crippen LogP contribution is 2.40. The van der Waals surface area contributed by atoms with Crippen LogP contribution in [0, 0.1) is 0 Å². The Morgan fingerprint density at radius 3 is 2.22 bits per heavy atom. The van der Waals surface area contributed by atoms with Crippen molar-refractivity contribution in [2.75, 3.05) is 7.11 Å². The average Bonchev–Trinajstić information content (AvgIpc) is 2.66. The maximum absolute atomic E-state index is 13.8. The number of methoxy groups -OCH3 is 1. The molecule has 0 spiro atoms. The molecule has 0 saturated carbocycles. The molecule has 3 aromatic carbocycles. The number of halogens is 3. The van der Waals surface area contributed by atoms with Gasteiger partial charge in [-0.1, -0.05) is 54.6 Å². The van der Waals surface area contributed by atoms with Gasteiger partial charge in [0.05, 0.1) is 7.11 Å². The van der Waals surface area contributed by atoms with Crippen molar-refractivity contribution in [3.63, 3.8) is 0 Å². The molecule has 0 saturated heterocycles. The fourth-order valence-corrected chi connectivity index (χ4v) is 2.91. The molecule has 0 aliphatic carbocycles. The van der Waals surface area contributed by atoms with Crippen LogP contribution < -0.4 is 9.47 Å². The van der Waals surface area contributed by atoms with E-state index in [1.165, 1.54) is 19.2 Å². The molecule has 5 heteroatoms. The van der Waals surface area contributed by atoms with E-state index in [0.29, 0.717) is 5.75 Å². The zero-order valence-electron chi connectivity index (χ0n) is 14.8. The van der Waals surface area contributed by atoms with Crippen LogP contribution in [0.15, 0.2) is 72.8 Å². The summed E-state index contributed by atoms with van der Waals surface area (Å²) in [5.41, 5.74) is 1.01. The van der Waals surface area contributed by atoms with E-state index in [2.05, 4.69) is 0 Å². The first kappa shape index (κ1) is 18.8. The fraction of sp³-hybridized carbons (Fsp3) is 0.182. The van der Waals surface area contributed by atoms with Crippen LogP contribution in [-0.4, -0.2) is 7.11 Å². The minimum absolute atomic E-state index is 0.0229. The molecule has 0 radical (unpaired) electrons. The average molecular weight is 372 g/mol. The molecule has 0 aromatic heterocycles. The zero-order chi connectivity index (χ0) is 19.3. The minimum atomic E-state index is -4.50. The Morgan fingerprint density at radius 1 is 0.815 bits per heavy atom. The highest BCUT2D eigenvalue weighted by molar-refractivity contribution is 5.45. The number of alkyl halides is 3. The summed E-state index contributed by atoms with van der Waals surface area (Å²) in [4.78, 5) is 0. The van der Waals surface area contributed by atoms with Crippen LogP contribution in [0.2, 0.25) is 0 Å². The van der Waals surface area contributed by atoms with Crippen LogP contribution in [0.25, 0.3) is 0 Å². The van der Waals surface area contributed by atoms with Crippen molar-refractivity contribution in [2.24, 2.45) is 0 Å². The van der Waals surface area contributed by atoms with Gasteiger partial charge in [0.2, 0.25) is 0 Å². The number of rotatable bonds is 6. The topological polar surface area (TPSA) is 18.5 Å². The number of benzene rings is 3. The number of ether oxygens (including phenoxy) is 2. The normalized spacial score (nSPS) is 11.3. The van der Waals surface area contributed by atoms with Gasteiger partial charge in [-0.15, -0.1) is 0 Å². The van der Waals surface area contributed by atoms with Gasteiger partial charge in [-0.2, -0.15) is 13.2 Å². The van der Waals surface area contributed by atoms with E-state index in [-0.39, 0.29) is 24.3 Å². The fourth-order valence-electron chi connectivity index (χ4n) is 2.91. The molecule has 0 atom stereocenters. The summed E-state index contributed by atoms with van der Waals surface area (Å²) in [5.74, 6) is 0.462. The summed E-state index contributed by atoms with van der Waals surface area (Å²) in [7, 11) is 1.54. The molecule has 0 N–H and O–H groups in total. The molecule has 0 fully saturated rings. The summed E-state index contributed by atoms with van der Waals surface area (Å²) in [6.45, 7) is 0.0229. The van der Waals surface area contributed by atoms with Crippen molar-refractivity contribution in [3.8, 4) is 11.5 Å². The standard InChI is InChI=1S/C22H19F3O2/c1-26-19-11-5-9-17(14-19)15-27-20-12-6-10-18(21(20)22(23,24)25)13-16-7-3-2-4-8-16/h2-12,14H,13,15H2,1H3. The maximum atomic E-state index is 13.8. The summed E-state index contributed by atoms with van der Waals surface area (Å²) < 4.78 is 52.0. The van der Waals surface area contributed by atoms with Gasteiger partial charge in [-0.25, -0.2) is 0 Å². The van der Waals surface area contributed by atoms with Crippen LogP contribution in [0.4, 0.5) is 13.2 Å². The predicted molar refractivity (Wildman–Crippen MR) is 98.0 cm³/mol. The predicted octanol–water partition coefficient (Wildman–Crippen LogP) is 5.88. The van der Waals surface area contributed by atoms with Crippen molar-refractivity contribution >= 4 is 0 Å². The van der Waals surface area contributed by atoms with Crippen LogP contribution in [0.1, 0.15) is 22.3 Å². The van der Waals surface area contributed by atoms with Crippen LogP contribution in [-0.2, 0) is 19.2 Å². The third-order valence-corrected chi connectivity index (χ3v) is 4.16. The lowest BCUT2D eigenvalue weighted by Gasteiger charge is -2.18. The Bertz CT molecular complexity index is 890. The molecule has 0 heterocycles. The highest BCUT2D eigenvalue weighted by atomic mass is 19.4. The lowest BCUT2D eigenvalue weighted by atomic mass is 9.98. The van der Waals surface area contributed by atoms with Gasteiger partial charge in [0.15, 0.2) is 0 Å². The first-order valence-electron chi connectivity index (χ1n) is 8.46. The van der Waals surface area contributed by atoms with Crippen molar-refractivity contribution in [1.82, 2.24) is 0 Å². The van der Waals surface area contributed by atoms with E-state index in [4.69, 9.17) is 9.47 Å². The lowest BCUT2D eigenvalue weighted by molar-refractivity contribution is -0.139. The van der Waals surface area contributed by atoms with Crippen molar-refractivity contribution in [2.45, 2.75) is 19.2 Å². The number of hydrogen-bond acceptors (Lipinski definition) is 2. The van der Waals surface area contributed by atoms with Gasteiger partial charge in [0.25, 0.3) is 0 Å². The Kier molecular flexibility index (Phi) is 5.69. The van der Waals surface area contributed by atoms with Crippen LogP contribution in [0.3, 0.4) is 0 Å². The van der Waals surface area contributed by atoms with Gasteiger partial charge >= 0.3 is 6.18 Å². The second-order valence-corrected chi connectivity index (χ2v) is 6.09. The Balaban J connectivity index is 1.89. The van der Waals surface area contributed by atoms with Gasteiger partial charge in [-0.05, 0) is 41.3 Å². The summed E-state index contributed by atoms with van der Waals surface area (Å²) in [5, 5.41) is 0. The highest BCUT2D eigenvalue weighted by Gasteiger charge is 2.37. The Hall–Kier alpha value is -2.95. The summed E-state index contributed by atoms with van der Waals surface area (Å²) in [6.07, 6.45) is -4.32. The second-order valence-electron chi connectivity index (χ2n) is 6.09. The molecule has 3 rings (SSSR count). The molecule has 27 heavy (non-hydrogen) atoms. The zero-order valence-corrected chi connectivity index (χ0v) is 14.8. The molecule has 2 nitrogen and oxygen atoms in total. The Morgan fingerprint density at radius 2 is 1.52 bits per heavy atom. The van der Waals surface area contributed by atoms with Crippen LogP contribution in [0.5, 0.6) is 11.5 Å². The summed E-state index contributed by atoms with van der Waals surface area (Å²) in [6, 6.07) is 20.6. The third-order valence-electron chi connectivity index (χ3n) is 4.16. The first-order chi connectivity index (χ1) is 13.0. The van der Waals surface area contributed by atoms with E-state index in [1.54, 1.807) is 30.3 Å². The van der Waals surface area contributed by atoms with Gasteiger partial charge in [0, 0.05) is 0 Å².